The van der Waals surface area contributed by atoms with Crippen molar-refractivity contribution in [2.24, 2.45) is 10.1 Å². The van der Waals surface area contributed by atoms with Crippen molar-refractivity contribution in [2.45, 2.75) is 13.0 Å². The molecule has 1 saturated heterocycles. The number of hydrogen-bond donors (Lipinski definition) is 0. The van der Waals surface area contributed by atoms with Crippen LogP contribution in [0.1, 0.15) is 12.5 Å². The van der Waals surface area contributed by atoms with Crippen LogP contribution >= 0.6 is 0 Å². The highest BCUT2D eigenvalue weighted by Gasteiger charge is 2.53. The van der Waals surface area contributed by atoms with E-state index in [9.17, 15) is 9.59 Å². The molecule has 27 heavy (non-hydrogen) atoms. The third-order valence-electron chi connectivity index (χ3n) is 4.82. The Bertz CT molecular complexity index is 931. The Kier molecular flexibility index (Phi) is 4.10. The fraction of sp³-hybridized carbons (Fsp3) is 0.316. The van der Waals surface area contributed by atoms with Crippen LogP contribution in [0.5, 0.6) is 0 Å². The Hall–Kier alpha value is -3.29. The first-order valence-electron chi connectivity index (χ1n) is 8.78. The number of carbonyl (C=O) groups excluding carboxylic acids is 2. The second-order valence-electron chi connectivity index (χ2n) is 6.77. The smallest absolute Gasteiger partial charge is 0.270 e. The molecule has 0 radical (unpaired) electrons. The van der Waals surface area contributed by atoms with Crippen molar-refractivity contribution in [1.82, 2.24) is 14.8 Å². The summed E-state index contributed by atoms with van der Waals surface area (Å²) >= 11 is 0. The van der Waals surface area contributed by atoms with Gasteiger partial charge in [0.1, 0.15) is 13.1 Å². The molecule has 0 spiro atoms. The summed E-state index contributed by atoms with van der Waals surface area (Å²) in [5.74, 6) is 0.794. The van der Waals surface area contributed by atoms with Crippen LogP contribution in [0.3, 0.4) is 0 Å². The molecule has 1 aromatic rings. The Morgan fingerprint density at radius 2 is 1.93 bits per heavy atom. The van der Waals surface area contributed by atoms with Gasteiger partial charge >= 0.3 is 12.0 Å². The van der Waals surface area contributed by atoms with Crippen LogP contribution in [-0.2, 0) is 4.79 Å². The number of hydrazone groups is 1. The Morgan fingerprint density at radius 3 is 2.67 bits per heavy atom. The molecule has 0 bridgehead atoms. The van der Waals surface area contributed by atoms with E-state index >= 15 is 0 Å². The zero-order valence-electron chi connectivity index (χ0n) is 15.5. The van der Waals surface area contributed by atoms with Gasteiger partial charge in [-0.2, -0.15) is 0 Å². The van der Waals surface area contributed by atoms with E-state index in [1.165, 1.54) is 11.9 Å². The number of rotatable bonds is 3. The van der Waals surface area contributed by atoms with Gasteiger partial charge in [0.15, 0.2) is 0 Å². The summed E-state index contributed by atoms with van der Waals surface area (Å²) in [5, 5.41) is 6.36. The Morgan fingerprint density at radius 1 is 1.19 bits per heavy atom. The number of urea groups is 1. The molecule has 0 aliphatic carbocycles. The average Bonchev–Trinajstić information content (AvgIpc) is 3.05. The number of nitrogens with zero attached hydrogens (tertiary/aromatic N) is 6. The van der Waals surface area contributed by atoms with E-state index in [1.807, 2.05) is 54.0 Å². The standard InChI is InChI=1S/C19H21N6O2/c1-13-12-24-15-16(22(2)19(27)23(3)17(15)26)20-18(24)25(21-13)11-7-10-14-8-5-4-6-9-14/h4-10,15H,11-12H2,1-3H3/q+1/b10-7+. The number of imide groups is 1. The maximum Gasteiger partial charge on any atom is 0.417 e. The van der Waals surface area contributed by atoms with Gasteiger partial charge in [0.05, 0.1) is 5.71 Å². The van der Waals surface area contributed by atoms with E-state index in [4.69, 9.17) is 0 Å². The molecule has 1 unspecified atom stereocenters. The van der Waals surface area contributed by atoms with Crippen LogP contribution in [0.15, 0.2) is 46.5 Å². The minimum Gasteiger partial charge on any atom is -0.270 e. The molecule has 0 saturated carbocycles. The number of amides is 3. The summed E-state index contributed by atoms with van der Waals surface area (Å²) in [6.45, 7) is 2.95. The first kappa shape index (κ1) is 17.1. The number of amidine groups is 1. The van der Waals surface area contributed by atoms with Crippen molar-refractivity contribution < 1.29 is 14.2 Å². The molecule has 3 amide bonds. The molecule has 4 rings (SSSR count). The SMILES string of the molecule is CC1=NN(C/C=C/c2ccccc2)C2=[N+](C1)C1C(=O)N(C)C(=O)N(C)C1=N2. The molecular formula is C19H21N6O2+. The van der Waals surface area contributed by atoms with Crippen LogP contribution in [0, 0.1) is 0 Å². The summed E-state index contributed by atoms with van der Waals surface area (Å²) in [6.07, 6.45) is 4.03. The van der Waals surface area contributed by atoms with Crippen molar-refractivity contribution in [3.63, 3.8) is 0 Å². The highest BCUT2D eigenvalue weighted by Crippen LogP contribution is 2.22. The van der Waals surface area contributed by atoms with Crippen LogP contribution in [0.25, 0.3) is 6.08 Å². The molecule has 1 aromatic carbocycles. The average molecular weight is 365 g/mol. The van der Waals surface area contributed by atoms with Crippen molar-refractivity contribution in [3.05, 3.63) is 42.0 Å². The molecule has 3 heterocycles. The lowest BCUT2D eigenvalue weighted by Crippen LogP contribution is -2.62. The third kappa shape index (κ3) is 2.83. The molecule has 0 N–H and O–H groups in total. The van der Waals surface area contributed by atoms with Crippen LogP contribution in [-0.4, -0.2) is 82.1 Å². The molecule has 8 nitrogen and oxygen atoms in total. The fourth-order valence-electron chi connectivity index (χ4n) is 3.46. The molecule has 1 fully saturated rings. The Balaban J connectivity index is 1.63. The second kappa shape index (κ2) is 6.46. The van der Waals surface area contributed by atoms with Gasteiger partial charge in [-0.1, -0.05) is 41.4 Å². The van der Waals surface area contributed by atoms with Gasteiger partial charge in [0, 0.05) is 14.1 Å². The topological polar surface area (TPSA) is 71.6 Å². The molecule has 138 valence electrons. The number of hydrogen-bond acceptors (Lipinski definition) is 5. The molecular weight excluding hydrogens is 344 g/mol. The van der Waals surface area contributed by atoms with E-state index in [1.54, 1.807) is 12.1 Å². The largest absolute Gasteiger partial charge is 0.417 e. The zero-order chi connectivity index (χ0) is 19.1. The summed E-state index contributed by atoms with van der Waals surface area (Å²) in [5.41, 5.74) is 1.99. The number of likely N-dealkylation sites (N-methyl/N-ethyl adjacent to an activating group) is 2. The third-order valence-corrected chi connectivity index (χ3v) is 4.82. The van der Waals surface area contributed by atoms with Gasteiger partial charge in [-0.25, -0.2) is 9.37 Å². The number of guanidine groups is 1. The van der Waals surface area contributed by atoms with E-state index in [-0.39, 0.29) is 11.9 Å². The number of benzene rings is 1. The number of aliphatic imine (C=N–C) groups is 1. The van der Waals surface area contributed by atoms with Gasteiger partial charge in [0.2, 0.25) is 11.9 Å². The van der Waals surface area contributed by atoms with Crippen molar-refractivity contribution in [1.29, 1.82) is 0 Å². The monoisotopic (exact) mass is 365 g/mol. The second-order valence-corrected chi connectivity index (χ2v) is 6.77. The first-order valence-corrected chi connectivity index (χ1v) is 8.78. The number of carbonyl (C=O) groups is 2. The molecule has 8 heteroatoms. The lowest BCUT2D eigenvalue weighted by atomic mass is 10.1. The zero-order valence-corrected chi connectivity index (χ0v) is 15.5. The minimum atomic E-state index is -0.584. The maximum absolute atomic E-state index is 12.7. The van der Waals surface area contributed by atoms with Gasteiger partial charge in [-0.05, 0) is 18.6 Å². The maximum atomic E-state index is 12.7. The van der Waals surface area contributed by atoms with Crippen molar-refractivity contribution >= 4 is 35.5 Å². The van der Waals surface area contributed by atoms with Crippen molar-refractivity contribution in [2.75, 3.05) is 27.2 Å². The summed E-state index contributed by atoms with van der Waals surface area (Å²) in [6, 6.07) is 9.05. The normalized spacial score (nSPS) is 22.3. The predicted octanol–water partition coefficient (Wildman–Crippen LogP) is 1.06. The van der Waals surface area contributed by atoms with E-state index < -0.39 is 6.04 Å². The number of fused-ring (bicyclic) bond motifs is 2. The van der Waals surface area contributed by atoms with E-state index in [0.29, 0.717) is 24.9 Å². The predicted molar refractivity (Wildman–Crippen MR) is 103 cm³/mol. The molecule has 0 aromatic heterocycles. The van der Waals surface area contributed by atoms with Gasteiger partial charge in [0.25, 0.3) is 5.91 Å². The molecule has 3 aliphatic rings. The highest BCUT2D eigenvalue weighted by molar-refractivity contribution is 6.23. The van der Waals surface area contributed by atoms with Crippen LogP contribution in [0.4, 0.5) is 4.79 Å². The molecule has 1 atom stereocenters. The first-order chi connectivity index (χ1) is 13.0. The highest BCUT2D eigenvalue weighted by atomic mass is 16.2. The summed E-state index contributed by atoms with van der Waals surface area (Å²) in [7, 11) is 3.14. The van der Waals surface area contributed by atoms with Crippen LogP contribution in [0.2, 0.25) is 0 Å². The lowest BCUT2D eigenvalue weighted by Gasteiger charge is -2.32. The minimum absolute atomic E-state index is 0.263. The quantitative estimate of drug-likeness (QED) is 0.752. The summed E-state index contributed by atoms with van der Waals surface area (Å²) < 4.78 is 1.91. The van der Waals surface area contributed by atoms with Gasteiger partial charge in [-0.15, -0.1) is 10.1 Å². The van der Waals surface area contributed by atoms with E-state index in [0.717, 1.165) is 16.2 Å². The Labute approximate surface area is 157 Å². The fourth-order valence-corrected chi connectivity index (χ4v) is 3.46. The summed E-state index contributed by atoms with van der Waals surface area (Å²) in [4.78, 5) is 32.1. The van der Waals surface area contributed by atoms with Crippen LogP contribution < -0.4 is 0 Å². The molecule has 3 aliphatic heterocycles. The van der Waals surface area contributed by atoms with E-state index in [2.05, 4.69) is 10.1 Å². The lowest BCUT2D eigenvalue weighted by molar-refractivity contribution is -0.527. The van der Waals surface area contributed by atoms with Gasteiger partial charge in [-0.3, -0.25) is 14.6 Å². The van der Waals surface area contributed by atoms with Gasteiger partial charge < -0.3 is 0 Å². The van der Waals surface area contributed by atoms with Crippen molar-refractivity contribution in [3.8, 4) is 0 Å².